The van der Waals surface area contributed by atoms with Gasteiger partial charge in [-0.3, -0.25) is 9.59 Å². The Hall–Kier alpha value is -1.84. The number of esters is 1. The number of hydrogen-bond donors (Lipinski definition) is 1. The van der Waals surface area contributed by atoms with Crippen LogP contribution in [0.2, 0.25) is 0 Å². The first-order valence-electron chi connectivity index (χ1n) is 9.83. The van der Waals surface area contributed by atoms with E-state index in [1.807, 2.05) is 24.3 Å². The number of hydrogen-bond acceptors (Lipinski definition) is 3. The summed E-state index contributed by atoms with van der Waals surface area (Å²) in [4.78, 5) is 24.3. The predicted octanol–water partition coefficient (Wildman–Crippen LogP) is 3.77. The molecular weight excluding hydrogens is 326 g/mol. The molecule has 1 aromatic rings. The second kappa shape index (κ2) is 9.75. The largest absolute Gasteiger partial charge is 0.469 e. The van der Waals surface area contributed by atoms with Gasteiger partial charge in [0.2, 0.25) is 5.91 Å². The van der Waals surface area contributed by atoms with Gasteiger partial charge in [0.15, 0.2) is 0 Å². The van der Waals surface area contributed by atoms with E-state index < -0.39 is 0 Å². The molecule has 3 atom stereocenters. The molecule has 1 N–H and O–H groups in total. The lowest BCUT2D eigenvalue weighted by Crippen LogP contribution is -2.40. The Balaban J connectivity index is 1.92. The molecule has 1 saturated carbocycles. The summed E-state index contributed by atoms with van der Waals surface area (Å²) in [5, 5.41) is 3.15. The third-order valence-electron chi connectivity index (χ3n) is 5.73. The van der Waals surface area contributed by atoms with Crippen molar-refractivity contribution in [3.05, 3.63) is 35.4 Å². The van der Waals surface area contributed by atoms with Crippen LogP contribution in [0.15, 0.2) is 24.3 Å². The molecule has 4 nitrogen and oxygen atoms in total. The number of rotatable bonds is 7. The van der Waals surface area contributed by atoms with E-state index in [2.05, 4.69) is 26.1 Å². The molecule has 144 valence electrons. The van der Waals surface area contributed by atoms with E-state index in [1.54, 1.807) is 0 Å². The zero-order valence-corrected chi connectivity index (χ0v) is 16.6. The second-order valence-electron chi connectivity index (χ2n) is 8.00. The molecular formula is C22H33NO3. The number of carbonyl (C=O) groups is 2. The lowest BCUT2D eigenvalue weighted by atomic mass is 9.70. The first kappa shape index (κ1) is 20.5. The highest BCUT2D eigenvalue weighted by atomic mass is 16.5. The number of methoxy groups -OCH3 is 1. The predicted molar refractivity (Wildman–Crippen MR) is 104 cm³/mol. The molecule has 0 aliphatic heterocycles. The van der Waals surface area contributed by atoms with Crippen molar-refractivity contribution >= 4 is 11.9 Å². The van der Waals surface area contributed by atoms with Crippen LogP contribution in [0.25, 0.3) is 0 Å². The summed E-state index contributed by atoms with van der Waals surface area (Å²) in [5.41, 5.74) is 2.07. The molecule has 1 aliphatic rings. The molecule has 0 saturated heterocycles. The number of benzene rings is 1. The van der Waals surface area contributed by atoms with Gasteiger partial charge in [0, 0.05) is 12.5 Å². The fourth-order valence-corrected chi connectivity index (χ4v) is 4.16. The summed E-state index contributed by atoms with van der Waals surface area (Å²) in [6.07, 6.45) is 4.38. The summed E-state index contributed by atoms with van der Waals surface area (Å²) in [6.45, 7) is 7.31. The summed E-state index contributed by atoms with van der Waals surface area (Å²) in [5.74, 6) is 1.74. The van der Waals surface area contributed by atoms with E-state index in [9.17, 15) is 9.59 Å². The minimum atomic E-state index is -0.238. The average Bonchev–Trinajstić information content (AvgIpc) is 2.62. The zero-order valence-electron chi connectivity index (χ0n) is 16.6. The van der Waals surface area contributed by atoms with Crippen molar-refractivity contribution in [1.82, 2.24) is 5.32 Å². The first-order valence-corrected chi connectivity index (χ1v) is 9.83. The van der Waals surface area contributed by atoms with Crippen LogP contribution in [0.4, 0.5) is 0 Å². The zero-order chi connectivity index (χ0) is 19.1. The maximum Gasteiger partial charge on any atom is 0.309 e. The standard InChI is InChI=1S/C22H33NO3/c1-15(2)19-10-9-16(3)13-20(19)22(25)23-12-11-17-7-5-6-8-18(17)14-21(24)26-4/h5-8,15-16,19-20H,9-14H2,1-4H3,(H,23,25)/t16?,19-,20+/m0/s1. The Kier molecular flexibility index (Phi) is 7.67. The average molecular weight is 360 g/mol. The van der Waals surface area contributed by atoms with Gasteiger partial charge >= 0.3 is 5.97 Å². The van der Waals surface area contributed by atoms with Crippen LogP contribution in [0.1, 0.15) is 51.2 Å². The Bertz CT molecular complexity index is 611. The molecule has 1 unspecified atom stereocenters. The minimum Gasteiger partial charge on any atom is -0.469 e. The van der Waals surface area contributed by atoms with E-state index in [4.69, 9.17) is 4.74 Å². The molecule has 1 aliphatic carbocycles. The topological polar surface area (TPSA) is 55.4 Å². The van der Waals surface area contributed by atoms with Gasteiger partial charge in [-0.05, 0) is 48.1 Å². The van der Waals surface area contributed by atoms with Gasteiger partial charge in [-0.15, -0.1) is 0 Å². The summed E-state index contributed by atoms with van der Waals surface area (Å²) >= 11 is 0. The van der Waals surface area contributed by atoms with Crippen LogP contribution in [0.5, 0.6) is 0 Å². The highest BCUT2D eigenvalue weighted by Gasteiger charge is 2.35. The first-order chi connectivity index (χ1) is 12.4. The van der Waals surface area contributed by atoms with Crippen molar-refractivity contribution in [2.24, 2.45) is 23.7 Å². The van der Waals surface area contributed by atoms with E-state index >= 15 is 0 Å². The van der Waals surface area contributed by atoms with Crippen LogP contribution in [0.3, 0.4) is 0 Å². The molecule has 0 heterocycles. The molecule has 4 heteroatoms. The Morgan fingerprint density at radius 3 is 2.54 bits per heavy atom. The van der Waals surface area contributed by atoms with Gasteiger partial charge in [0.1, 0.15) is 0 Å². The maximum atomic E-state index is 12.8. The fourth-order valence-electron chi connectivity index (χ4n) is 4.16. The van der Waals surface area contributed by atoms with E-state index in [0.717, 1.165) is 30.4 Å². The normalized spacial score (nSPS) is 22.9. The summed E-state index contributed by atoms with van der Waals surface area (Å²) in [7, 11) is 1.40. The SMILES string of the molecule is COC(=O)Cc1ccccc1CCNC(=O)[C@@H]1CC(C)CC[C@H]1C(C)C. The molecule has 1 aromatic carbocycles. The molecule has 0 radical (unpaired) electrons. The third-order valence-corrected chi connectivity index (χ3v) is 5.73. The number of carbonyl (C=O) groups excluding carboxylic acids is 2. The Labute approximate surface area is 157 Å². The Morgan fingerprint density at radius 1 is 1.19 bits per heavy atom. The summed E-state index contributed by atoms with van der Waals surface area (Å²) in [6, 6.07) is 7.86. The lowest BCUT2D eigenvalue weighted by molar-refractivity contribution is -0.139. The highest BCUT2D eigenvalue weighted by Crippen LogP contribution is 2.38. The van der Waals surface area contributed by atoms with Gasteiger partial charge in [0.25, 0.3) is 0 Å². The molecule has 0 aromatic heterocycles. The van der Waals surface area contributed by atoms with Crippen LogP contribution >= 0.6 is 0 Å². The number of nitrogens with one attached hydrogen (secondary N) is 1. The maximum absolute atomic E-state index is 12.8. The van der Waals surface area contributed by atoms with Crippen molar-refractivity contribution in [2.45, 2.75) is 52.9 Å². The van der Waals surface area contributed by atoms with Crippen molar-refractivity contribution < 1.29 is 14.3 Å². The molecule has 26 heavy (non-hydrogen) atoms. The fraction of sp³-hybridized carbons (Fsp3) is 0.636. The van der Waals surface area contributed by atoms with Gasteiger partial charge in [-0.1, -0.05) is 51.5 Å². The van der Waals surface area contributed by atoms with Crippen LogP contribution in [-0.2, 0) is 27.2 Å². The van der Waals surface area contributed by atoms with E-state index in [1.165, 1.54) is 13.5 Å². The van der Waals surface area contributed by atoms with Gasteiger partial charge in [0.05, 0.1) is 13.5 Å². The Morgan fingerprint density at radius 2 is 1.88 bits per heavy atom. The number of ether oxygens (including phenoxy) is 1. The molecule has 0 bridgehead atoms. The minimum absolute atomic E-state index is 0.129. The molecule has 1 fully saturated rings. The highest BCUT2D eigenvalue weighted by molar-refractivity contribution is 5.79. The van der Waals surface area contributed by atoms with Gasteiger partial charge in [-0.2, -0.15) is 0 Å². The van der Waals surface area contributed by atoms with E-state index in [-0.39, 0.29) is 24.2 Å². The smallest absolute Gasteiger partial charge is 0.309 e. The van der Waals surface area contributed by atoms with Crippen molar-refractivity contribution in [3.63, 3.8) is 0 Å². The number of amides is 1. The second-order valence-corrected chi connectivity index (χ2v) is 8.00. The third kappa shape index (κ3) is 5.58. The molecule has 2 rings (SSSR count). The van der Waals surface area contributed by atoms with Gasteiger partial charge < -0.3 is 10.1 Å². The van der Waals surface area contributed by atoms with Crippen molar-refractivity contribution in [2.75, 3.05) is 13.7 Å². The molecule has 1 amide bonds. The van der Waals surface area contributed by atoms with Crippen LogP contribution < -0.4 is 5.32 Å². The van der Waals surface area contributed by atoms with Crippen molar-refractivity contribution in [3.8, 4) is 0 Å². The van der Waals surface area contributed by atoms with E-state index in [0.29, 0.717) is 24.3 Å². The molecule has 0 spiro atoms. The summed E-state index contributed by atoms with van der Waals surface area (Å²) < 4.78 is 4.77. The quantitative estimate of drug-likeness (QED) is 0.754. The monoisotopic (exact) mass is 359 g/mol. The van der Waals surface area contributed by atoms with Crippen molar-refractivity contribution in [1.29, 1.82) is 0 Å². The van der Waals surface area contributed by atoms with Crippen LogP contribution in [0, 0.1) is 23.7 Å². The lowest BCUT2D eigenvalue weighted by Gasteiger charge is -2.36. The van der Waals surface area contributed by atoms with Crippen LogP contribution in [-0.4, -0.2) is 25.5 Å². The van der Waals surface area contributed by atoms with Gasteiger partial charge in [-0.25, -0.2) is 0 Å².